The molecule has 4 nitrogen and oxygen atoms in total. The first-order valence-electron chi connectivity index (χ1n) is 14.2. The number of halogens is 1. The normalized spacial score (nSPS) is 25.9. The third-order valence-electron chi connectivity index (χ3n) is 9.47. The van der Waals surface area contributed by atoms with Crippen LogP contribution < -0.4 is 9.47 Å². The summed E-state index contributed by atoms with van der Waals surface area (Å²) in [6.07, 6.45) is 7.69. The molecule has 4 aliphatic carbocycles. The van der Waals surface area contributed by atoms with E-state index in [2.05, 4.69) is 18.2 Å². The molecule has 0 radical (unpaired) electrons. The van der Waals surface area contributed by atoms with Crippen molar-refractivity contribution in [2.75, 3.05) is 7.11 Å². The Balaban J connectivity index is 1.34. The summed E-state index contributed by atoms with van der Waals surface area (Å²) in [5.41, 5.74) is 4.94. The summed E-state index contributed by atoms with van der Waals surface area (Å²) in [4.78, 5) is 11.2. The Bertz CT molecular complexity index is 1340. The topological polar surface area (TPSA) is 55.8 Å². The molecule has 4 aliphatic rings. The second-order valence-electron chi connectivity index (χ2n) is 12.3. The van der Waals surface area contributed by atoms with Crippen molar-refractivity contribution in [3.8, 4) is 22.6 Å². The van der Waals surface area contributed by atoms with Crippen LogP contribution in [0.5, 0.6) is 11.5 Å². The van der Waals surface area contributed by atoms with Crippen molar-refractivity contribution >= 4 is 5.97 Å². The Kier molecular flexibility index (Phi) is 6.86. The van der Waals surface area contributed by atoms with Crippen molar-refractivity contribution in [2.24, 2.45) is 17.8 Å². The van der Waals surface area contributed by atoms with Crippen LogP contribution in [0, 0.1) is 23.6 Å². The molecule has 0 aromatic heterocycles. The van der Waals surface area contributed by atoms with E-state index >= 15 is 4.39 Å². The van der Waals surface area contributed by atoms with Crippen molar-refractivity contribution in [1.82, 2.24) is 0 Å². The third-order valence-corrected chi connectivity index (χ3v) is 9.47. The summed E-state index contributed by atoms with van der Waals surface area (Å²) < 4.78 is 27.0. The number of methoxy groups -OCH3 is 1. The monoisotopic (exact) mass is 528 g/mol. The fourth-order valence-electron chi connectivity index (χ4n) is 8.09. The zero-order valence-electron chi connectivity index (χ0n) is 22.8. The van der Waals surface area contributed by atoms with Gasteiger partial charge in [-0.1, -0.05) is 37.3 Å². The standard InChI is InChI=1S/C34H37FO4/c1-21(10-33(36)37)26-4-3-5-28(15-26)39-20-22-6-8-29(30-16-27(38-2)7-9-32(30)35)31(14-22)34-17-23-11-24(18-34)13-25(12-23)19-34/h3-9,14-16,21,23-25H,10-13,17-20H2,1-2H3,(H,36,37)/t21-,23?,24?,25?,34?/m0/s1. The molecule has 4 fully saturated rings. The van der Waals surface area contributed by atoms with E-state index in [4.69, 9.17) is 9.47 Å². The zero-order valence-corrected chi connectivity index (χ0v) is 22.8. The molecule has 7 rings (SSSR count). The number of ether oxygens (including phenoxy) is 2. The molecule has 1 N–H and O–H groups in total. The molecule has 4 saturated carbocycles. The number of carbonyl (C=O) groups is 1. The van der Waals surface area contributed by atoms with Gasteiger partial charge in [-0.05, 0) is 120 Å². The summed E-state index contributed by atoms with van der Waals surface area (Å²) in [6.45, 7) is 2.32. The molecule has 39 heavy (non-hydrogen) atoms. The first kappa shape index (κ1) is 25.9. The maximum absolute atomic E-state index is 15.3. The average molecular weight is 529 g/mol. The van der Waals surface area contributed by atoms with E-state index in [-0.39, 0.29) is 23.6 Å². The predicted octanol–water partition coefficient (Wildman–Crippen LogP) is 8.13. The van der Waals surface area contributed by atoms with Gasteiger partial charge in [0, 0.05) is 5.56 Å². The number of aliphatic carboxylic acids is 1. The van der Waals surface area contributed by atoms with Gasteiger partial charge in [-0.25, -0.2) is 4.39 Å². The Labute approximate surface area is 230 Å². The van der Waals surface area contributed by atoms with Crippen LogP contribution in [0.2, 0.25) is 0 Å². The molecule has 0 unspecified atom stereocenters. The molecule has 0 spiro atoms. The number of carboxylic acid groups (broad SMARTS) is 1. The van der Waals surface area contributed by atoms with Crippen LogP contribution in [0.3, 0.4) is 0 Å². The molecular formula is C34H37FO4. The molecule has 5 heteroatoms. The predicted molar refractivity (Wildman–Crippen MR) is 150 cm³/mol. The summed E-state index contributed by atoms with van der Waals surface area (Å²) in [7, 11) is 1.62. The number of rotatable bonds is 9. The number of carboxylic acids is 1. The lowest BCUT2D eigenvalue weighted by Gasteiger charge is -2.57. The maximum atomic E-state index is 15.3. The molecule has 0 heterocycles. The van der Waals surface area contributed by atoms with Crippen molar-refractivity contribution in [3.63, 3.8) is 0 Å². The van der Waals surface area contributed by atoms with Crippen molar-refractivity contribution in [1.29, 1.82) is 0 Å². The van der Waals surface area contributed by atoms with E-state index in [1.54, 1.807) is 13.2 Å². The third kappa shape index (κ3) is 5.16. The highest BCUT2D eigenvalue weighted by atomic mass is 19.1. The first-order valence-corrected chi connectivity index (χ1v) is 14.2. The minimum absolute atomic E-state index is 0.0835. The summed E-state index contributed by atoms with van der Waals surface area (Å²) in [6, 6.07) is 19.1. The largest absolute Gasteiger partial charge is 0.497 e. The Morgan fingerprint density at radius 3 is 2.33 bits per heavy atom. The molecule has 0 amide bonds. The molecule has 3 aromatic carbocycles. The quantitative estimate of drug-likeness (QED) is 0.305. The summed E-state index contributed by atoms with van der Waals surface area (Å²) >= 11 is 0. The lowest BCUT2D eigenvalue weighted by Crippen LogP contribution is -2.48. The van der Waals surface area contributed by atoms with Crippen LogP contribution in [-0.4, -0.2) is 18.2 Å². The van der Waals surface area contributed by atoms with E-state index in [0.717, 1.165) is 40.2 Å². The fraction of sp³-hybridized carbons (Fsp3) is 0.441. The molecule has 0 saturated heterocycles. The Morgan fingerprint density at radius 2 is 1.67 bits per heavy atom. The smallest absolute Gasteiger partial charge is 0.303 e. The van der Waals surface area contributed by atoms with Gasteiger partial charge in [-0.2, -0.15) is 0 Å². The van der Waals surface area contributed by atoms with Crippen LogP contribution in [-0.2, 0) is 16.8 Å². The van der Waals surface area contributed by atoms with Gasteiger partial charge in [-0.15, -0.1) is 0 Å². The van der Waals surface area contributed by atoms with E-state index < -0.39 is 5.97 Å². The minimum Gasteiger partial charge on any atom is -0.497 e. The molecule has 4 bridgehead atoms. The minimum atomic E-state index is -0.807. The van der Waals surface area contributed by atoms with Crippen LogP contribution in [0.1, 0.15) is 74.5 Å². The van der Waals surface area contributed by atoms with E-state index in [9.17, 15) is 9.90 Å². The van der Waals surface area contributed by atoms with Gasteiger partial charge in [-0.3, -0.25) is 4.79 Å². The number of hydrogen-bond acceptors (Lipinski definition) is 3. The van der Waals surface area contributed by atoms with Gasteiger partial charge >= 0.3 is 5.97 Å². The zero-order chi connectivity index (χ0) is 27.1. The summed E-state index contributed by atoms with van der Waals surface area (Å²) in [5, 5.41) is 9.17. The van der Waals surface area contributed by atoms with Gasteiger partial charge < -0.3 is 14.6 Å². The van der Waals surface area contributed by atoms with E-state index in [0.29, 0.717) is 17.9 Å². The van der Waals surface area contributed by atoms with Crippen LogP contribution >= 0.6 is 0 Å². The van der Waals surface area contributed by atoms with Crippen molar-refractivity contribution in [3.05, 3.63) is 83.2 Å². The highest BCUT2D eigenvalue weighted by molar-refractivity contribution is 5.72. The maximum Gasteiger partial charge on any atom is 0.303 e. The highest BCUT2D eigenvalue weighted by Crippen LogP contribution is 2.62. The van der Waals surface area contributed by atoms with Crippen molar-refractivity contribution in [2.45, 2.75) is 69.8 Å². The Hall–Kier alpha value is -3.34. The Morgan fingerprint density at radius 1 is 0.949 bits per heavy atom. The molecule has 1 atom stereocenters. The van der Waals surface area contributed by atoms with Gasteiger partial charge in [0.05, 0.1) is 13.5 Å². The SMILES string of the molecule is COc1ccc(F)c(-c2ccc(COc3cccc([C@@H](C)CC(=O)O)c3)cc2C23CC4CC(CC(C4)C2)C3)c1. The number of benzene rings is 3. The number of hydrogen-bond donors (Lipinski definition) is 1. The summed E-state index contributed by atoms with van der Waals surface area (Å²) in [5.74, 6) is 2.58. The van der Waals surface area contributed by atoms with Gasteiger partial charge in [0.15, 0.2) is 0 Å². The molecule has 0 aliphatic heterocycles. The highest BCUT2D eigenvalue weighted by Gasteiger charge is 2.52. The second kappa shape index (κ2) is 10.3. The molecule has 204 valence electrons. The van der Waals surface area contributed by atoms with Crippen LogP contribution in [0.4, 0.5) is 4.39 Å². The van der Waals surface area contributed by atoms with Gasteiger partial charge in [0.25, 0.3) is 0 Å². The fourth-order valence-corrected chi connectivity index (χ4v) is 8.09. The van der Waals surface area contributed by atoms with Gasteiger partial charge in [0.1, 0.15) is 23.9 Å². The van der Waals surface area contributed by atoms with Crippen molar-refractivity contribution < 1.29 is 23.8 Å². The lowest BCUT2D eigenvalue weighted by atomic mass is 9.47. The molecular weight excluding hydrogens is 491 g/mol. The van der Waals surface area contributed by atoms with Crippen LogP contribution in [0.25, 0.3) is 11.1 Å². The first-order chi connectivity index (χ1) is 18.8. The van der Waals surface area contributed by atoms with E-state index in [1.807, 2.05) is 37.3 Å². The second-order valence-corrected chi connectivity index (χ2v) is 12.3. The van der Waals surface area contributed by atoms with Crippen LogP contribution in [0.15, 0.2) is 60.7 Å². The van der Waals surface area contributed by atoms with E-state index in [1.165, 1.54) is 50.2 Å². The lowest BCUT2D eigenvalue weighted by molar-refractivity contribution is -0.137. The average Bonchev–Trinajstić information content (AvgIpc) is 2.91. The van der Waals surface area contributed by atoms with Gasteiger partial charge in [0.2, 0.25) is 0 Å². The molecule has 3 aromatic rings.